The molecule has 1 aliphatic carbocycles. The lowest BCUT2D eigenvalue weighted by Crippen LogP contribution is -2.34. The van der Waals surface area contributed by atoms with E-state index in [1.165, 1.54) is 0 Å². The van der Waals surface area contributed by atoms with Gasteiger partial charge in [-0.1, -0.05) is 47.7 Å². The minimum Gasteiger partial charge on any atom is -0.348 e. The van der Waals surface area contributed by atoms with Crippen molar-refractivity contribution in [2.45, 2.75) is 32.2 Å². The zero-order chi connectivity index (χ0) is 22.0. The van der Waals surface area contributed by atoms with Crippen LogP contribution in [0.25, 0.3) is 16.8 Å². The molecule has 1 aliphatic rings. The molecule has 0 bridgehead atoms. The average Bonchev–Trinajstić information content (AvgIpc) is 3.33. The number of hydrogen-bond donors (Lipinski definition) is 1. The molecule has 2 atom stereocenters. The molecule has 1 amide bonds. The monoisotopic (exact) mass is 442 g/mol. The van der Waals surface area contributed by atoms with Gasteiger partial charge >= 0.3 is 10.2 Å². The highest BCUT2D eigenvalue weighted by atomic mass is 32.3. The van der Waals surface area contributed by atoms with Crippen molar-refractivity contribution in [2.75, 3.05) is 5.75 Å². The zero-order valence-corrected chi connectivity index (χ0v) is 17.8. The Balaban J connectivity index is 1.44. The molecule has 0 aliphatic heterocycles. The van der Waals surface area contributed by atoms with Crippen molar-refractivity contribution in [3.05, 3.63) is 66.0 Å². The number of amides is 1. The Hall–Kier alpha value is -3.07. The van der Waals surface area contributed by atoms with Crippen LogP contribution in [0.15, 0.2) is 54.6 Å². The summed E-state index contributed by atoms with van der Waals surface area (Å²) in [5.74, 6) is -1.13. The van der Waals surface area contributed by atoms with Crippen LogP contribution in [0.3, 0.4) is 0 Å². The van der Waals surface area contributed by atoms with E-state index in [9.17, 15) is 17.1 Å². The van der Waals surface area contributed by atoms with Gasteiger partial charge in [0.25, 0.3) is 5.91 Å². The topological polar surface area (TPSA) is 93.9 Å². The number of aromatic nitrogens is 3. The number of halogens is 1. The van der Waals surface area contributed by atoms with Crippen LogP contribution in [0.1, 0.15) is 35.4 Å². The SMILES string of the molecule is Cc1c(C(=O)N[C@@H]2CC[C@H](CS(=O)(=O)F)C2)nnn1-c1ccc(-c2ccccc2)cc1. The summed E-state index contributed by atoms with van der Waals surface area (Å²) in [7, 11) is -4.50. The first-order valence-corrected chi connectivity index (χ1v) is 11.7. The van der Waals surface area contributed by atoms with E-state index in [0.29, 0.717) is 25.0 Å². The van der Waals surface area contributed by atoms with Crippen molar-refractivity contribution < 1.29 is 17.1 Å². The van der Waals surface area contributed by atoms with Crippen molar-refractivity contribution in [2.24, 2.45) is 5.92 Å². The third kappa shape index (κ3) is 4.99. The molecule has 1 aromatic heterocycles. The third-order valence-electron chi connectivity index (χ3n) is 5.64. The molecule has 4 rings (SSSR count). The lowest BCUT2D eigenvalue weighted by Gasteiger charge is -2.12. The first-order valence-electron chi connectivity index (χ1n) is 10.1. The summed E-state index contributed by atoms with van der Waals surface area (Å²) in [5.41, 5.74) is 3.79. The highest BCUT2D eigenvalue weighted by Gasteiger charge is 2.30. The van der Waals surface area contributed by atoms with Crippen molar-refractivity contribution in [3.8, 4) is 16.8 Å². The molecule has 0 radical (unpaired) electrons. The van der Waals surface area contributed by atoms with Crippen molar-refractivity contribution in [3.63, 3.8) is 0 Å². The van der Waals surface area contributed by atoms with Gasteiger partial charge in [-0.25, -0.2) is 4.68 Å². The summed E-state index contributed by atoms with van der Waals surface area (Å²) < 4.78 is 36.2. The average molecular weight is 443 g/mol. The highest BCUT2D eigenvalue weighted by molar-refractivity contribution is 7.86. The summed E-state index contributed by atoms with van der Waals surface area (Å²) in [5, 5.41) is 11.0. The Morgan fingerprint density at radius 1 is 1.10 bits per heavy atom. The maximum absolute atomic E-state index is 12.9. The summed E-state index contributed by atoms with van der Waals surface area (Å²) in [6, 6.07) is 17.6. The summed E-state index contributed by atoms with van der Waals surface area (Å²) in [6.07, 6.45) is 1.61. The molecule has 1 saturated carbocycles. The number of carbonyl (C=O) groups is 1. The Bertz CT molecular complexity index is 1180. The first kappa shape index (κ1) is 21.2. The van der Waals surface area contributed by atoms with Gasteiger partial charge in [0, 0.05) is 6.04 Å². The van der Waals surface area contributed by atoms with Crippen LogP contribution in [0.4, 0.5) is 3.89 Å². The van der Waals surface area contributed by atoms with Gasteiger partial charge in [-0.05, 0) is 55.4 Å². The van der Waals surface area contributed by atoms with Crippen molar-refractivity contribution in [1.82, 2.24) is 20.3 Å². The molecule has 0 unspecified atom stereocenters. The molecule has 1 N–H and O–H groups in total. The van der Waals surface area contributed by atoms with Gasteiger partial charge in [0.1, 0.15) is 0 Å². The van der Waals surface area contributed by atoms with E-state index in [4.69, 9.17) is 0 Å². The maximum Gasteiger partial charge on any atom is 0.302 e. The molecule has 31 heavy (non-hydrogen) atoms. The molecule has 0 saturated heterocycles. The Kier molecular flexibility index (Phi) is 5.86. The summed E-state index contributed by atoms with van der Waals surface area (Å²) >= 11 is 0. The number of rotatable bonds is 6. The number of benzene rings is 2. The fourth-order valence-electron chi connectivity index (χ4n) is 4.10. The van der Waals surface area contributed by atoms with Gasteiger partial charge in [-0.3, -0.25) is 4.79 Å². The molecular weight excluding hydrogens is 419 g/mol. The van der Waals surface area contributed by atoms with Crippen LogP contribution in [-0.4, -0.2) is 41.1 Å². The lowest BCUT2D eigenvalue weighted by atomic mass is 10.1. The fourth-order valence-corrected chi connectivity index (χ4v) is 4.97. The highest BCUT2D eigenvalue weighted by Crippen LogP contribution is 2.28. The standard InChI is InChI=1S/C22H23FN4O3S/c1-15-21(22(28)24-19-10-7-16(13-19)14-31(23,29)30)25-26-27(15)20-11-8-18(9-12-20)17-5-3-2-4-6-17/h2-6,8-9,11-12,16,19H,7,10,13-14H2,1H3,(H,24,28)/t16-,19+/m0/s1. The van der Waals surface area contributed by atoms with Crippen LogP contribution in [0.2, 0.25) is 0 Å². The first-order chi connectivity index (χ1) is 14.8. The van der Waals surface area contributed by atoms with E-state index in [0.717, 1.165) is 16.8 Å². The van der Waals surface area contributed by atoms with E-state index >= 15 is 0 Å². The van der Waals surface area contributed by atoms with Gasteiger partial charge in [0.2, 0.25) is 0 Å². The Labute approximate surface area is 180 Å². The van der Waals surface area contributed by atoms with E-state index < -0.39 is 16.0 Å². The molecule has 7 nitrogen and oxygen atoms in total. The van der Waals surface area contributed by atoms with Gasteiger partial charge < -0.3 is 5.32 Å². The van der Waals surface area contributed by atoms with Gasteiger partial charge in [-0.15, -0.1) is 8.98 Å². The number of hydrogen-bond acceptors (Lipinski definition) is 5. The van der Waals surface area contributed by atoms with Crippen LogP contribution < -0.4 is 5.32 Å². The second kappa shape index (κ2) is 8.58. The second-order valence-corrected chi connectivity index (χ2v) is 9.31. The molecule has 3 aromatic rings. The van der Waals surface area contributed by atoms with E-state index in [2.05, 4.69) is 15.6 Å². The quantitative estimate of drug-likeness (QED) is 0.590. The van der Waals surface area contributed by atoms with Gasteiger partial charge in [0.15, 0.2) is 5.69 Å². The van der Waals surface area contributed by atoms with Crippen molar-refractivity contribution >= 4 is 16.1 Å². The minimum absolute atomic E-state index is 0.200. The maximum atomic E-state index is 12.9. The van der Waals surface area contributed by atoms with Crippen LogP contribution >= 0.6 is 0 Å². The summed E-state index contributed by atoms with van der Waals surface area (Å²) in [6.45, 7) is 1.77. The predicted octanol–water partition coefficient (Wildman–Crippen LogP) is 3.44. The molecule has 1 heterocycles. The fraction of sp³-hybridized carbons (Fsp3) is 0.318. The smallest absolute Gasteiger partial charge is 0.302 e. The van der Waals surface area contributed by atoms with E-state index in [1.54, 1.807) is 11.6 Å². The predicted molar refractivity (Wildman–Crippen MR) is 115 cm³/mol. The minimum atomic E-state index is -4.50. The molecule has 2 aromatic carbocycles. The van der Waals surface area contributed by atoms with Crippen molar-refractivity contribution in [1.29, 1.82) is 0 Å². The largest absolute Gasteiger partial charge is 0.348 e. The van der Waals surface area contributed by atoms with Crippen LogP contribution in [-0.2, 0) is 10.2 Å². The second-order valence-electron chi connectivity index (χ2n) is 7.90. The third-order valence-corrected chi connectivity index (χ3v) is 6.51. The molecule has 9 heteroatoms. The van der Waals surface area contributed by atoms with Gasteiger partial charge in [-0.2, -0.15) is 8.42 Å². The van der Waals surface area contributed by atoms with Crippen LogP contribution in [0, 0.1) is 12.8 Å². The van der Waals surface area contributed by atoms with E-state index in [1.807, 2.05) is 54.6 Å². The molecular formula is C22H23FN4O3S. The lowest BCUT2D eigenvalue weighted by molar-refractivity contribution is 0.0931. The van der Waals surface area contributed by atoms with E-state index in [-0.39, 0.29) is 23.6 Å². The molecule has 1 fully saturated rings. The Morgan fingerprint density at radius 3 is 2.45 bits per heavy atom. The normalized spacial score (nSPS) is 18.8. The number of nitrogens with zero attached hydrogens (tertiary/aromatic N) is 3. The molecule has 0 spiro atoms. The number of carbonyl (C=O) groups excluding carboxylic acids is 1. The summed E-state index contributed by atoms with van der Waals surface area (Å²) in [4.78, 5) is 12.7. The van der Waals surface area contributed by atoms with Crippen LogP contribution in [0.5, 0.6) is 0 Å². The van der Waals surface area contributed by atoms with Gasteiger partial charge in [0.05, 0.1) is 17.1 Å². The molecule has 162 valence electrons. The zero-order valence-electron chi connectivity index (χ0n) is 17.0. The number of nitrogens with one attached hydrogen (secondary N) is 1. The Morgan fingerprint density at radius 2 is 1.77 bits per heavy atom.